The maximum absolute atomic E-state index is 11.5. The molecule has 1 amide bonds. The van der Waals surface area contributed by atoms with Crippen molar-refractivity contribution in [3.8, 4) is 5.75 Å². The van der Waals surface area contributed by atoms with Gasteiger partial charge in [0.2, 0.25) is 0 Å². The second kappa shape index (κ2) is 7.34. The summed E-state index contributed by atoms with van der Waals surface area (Å²) in [6, 6.07) is 4.82. The lowest BCUT2D eigenvalue weighted by molar-refractivity contribution is -0.147. The minimum atomic E-state index is -1.50. The Labute approximate surface area is 119 Å². The molecule has 0 saturated carbocycles. The highest BCUT2D eigenvalue weighted by Crippen LogP contribution is 2.16. The van der Waals surface area contributed by atoms with Crippen molar-refractivity contribution in [2.45, 2.75) is 12.5 Å². The Hall–Kier alpha value is -2.28. The van der Waals surface area contributed by atoms with Crippen LogP contribution >= 0.6 is 11.6 Å². The summed E-state index contributed by atoms with van der Waals surface area (Å²) in [4.78, 5) is 32.7. The van der Waals surface area contributed by atoms with Crippen LogP contribution in [0.25, 0.3) is 0 Å². The monoisotopic (exact) mass is 301 g/mol. The third-order valence-electron chi connectivity index (χ3n) is 2.18. The van der Waals surface area contributed by atoms with Gasteiger partial charge in [-0.25, -0.2) is 4.79 Å². The largest absolute Gasteiger partial charge is 0.484 e. The maximum Gasteiger partial charge on any atom is 0.326 e. The van der Waals surface area contributed by atoms with Crippen LogP contribution in [0.2, 0.25) is 5.02 Å². The van der Waals surface area contributed by atoms with E-state index in [0.29, 0.717) is 10.8 Å². The number of rotatable bonds is 7. The Balaban J connectivity index is 2.49. The van der Waals surface area contributed by atoms with Crippen molar-refractivity contribution >= 4 is 29.4 Å². The van der Waals surface area contributed by atoms with Crippen molar-refractivity contribution in [1.29, 1.82) is 0 Å². The number of nitrogens with one attached hydrogen (secondary N) is 1. The standard InChI is InChI=1S/C12H12ClNO6/c13-7-2-1-3-8(4-7)20-6-10(15)14-9(12(18)19)5-11(16)17/h1-4,9H,5-6H2,(H,14,15)(H,16,17)(H,18,19)/t9-/m1/s1. The molecule has 1 aromatic rings. The van der Waals surface area contributed by atoms with Gasteiger partial charge in [-0.05, 0) is 18.2 Å². The molecule has 8 heteroatoms. The van der Waals surface area contributed by atoms with E-state index in [0.717, 1.165) is 0 Å². The smallest absolute Gasteiger partial charge is 0.326 e. The molecule has 0 radical (unpaired) electrons. The van der Waals surface area contributed by atoms with E-state index >= 15 is 0 Å². The lowest BCUT2D eigenvalue weighted by Crippen LogP contribution is -2.44. The maximum atomic E-state index is 11.5. The van der Waals surface area contributed by atoms with Crippen LogP contribution in [-0.4, -0.2) is 40.7 Å². The Kier molecular flexibility index (Phi) is 5.79. The van der Waals surface area contributed by atoms with E-state index in [1.54, 1.807) is 18.2 Å². The highest BCUT2D eigenvalue weighted by molar-refractivity contribution is 6.30. The molecule has 0 heterocycles. The second-order valence-corrected chi connectivity index (χ2v) is 4.24. The van der Waals surface area contributed by atoms with Crippen molar-refractivity contribution < 1.29 is 29.3 Å². The zero-order valence-electron chi connectivity index (χ0n) is 10.2. The molecule has 0 bridgehead atoms. The number of carboxylic acid groups (broad SMARTS) is 2. The van der Waals surface area contributed by atoms with Gasteiger partial charge in [0.05, 0.1) is 6.42 Å². The van der Waals surface area contributed by atoms with Crippen LogP contribution < -0.4 is 10.1 Å². The van der Waals surface area contributed by atoms with Crippen molar-refractivity contribution in [1.82, 2.24) is 5.32 Å². The predicted octanol–water partition coefficient (Wildman–Crippen LogP) is 0.763. The quantitative estimate of drug-likeness (QED) is 0.685. The van der Waals surface area contributed by atoms with Crippen LogP contribution in [0.3, 0.4) is 0 Å². The van der Waals surface area contributed by atoms with Crippen LogP contribution in [0, 0.1) is 0 Å². The number of carboxylic acids is 2. The molecule has 108 valence electrons. The number of benzene rings is 1. The van der Waals surface area contributed by atoms with Crippen molar-refractivity contribution in [2.24, 2.45) is 0 Å². The summed E-state index contributed by atoms with van der Waals surface area (Å²) in [5.74, 6) is -3.15. The summed E-state index contributed by atoms with van der Waals surface area (Å²) < 4.78 is 5.10. The number of aliphatic carboxylic acids is 2. The van der Waals surface area contributed by atoms with Crippen molar-refractivity contribution in [3.63, 3.8) is 0 Å². The first-order chi connectivity index (χ1) is 9.38. The van der Waals surface area contributed by atoms with Gasteiger partial charge in [-0.1, -0.05) is 17.7 Å². The fourth-order valence-electron chi connectivity index (χ4n) is 1.32. The van der Waals surface area contributed by atoms with Crippen molar-refractivity contribution in [2.75, 3.05) is 6.61 Å². The SMILES string of the molecule is O=C(O)C[C@@H](NC(=O)COc1cccc(Cl)c1)C(=O)O. The molecule has 1 atom stereocenters. The Bertz CT molecular complexity index is 518. The molecule has 20 heavy (non-hydrogen) atoms. The van der Waals surface area contributed by atoms with Gasteiger partial charge in [-0.2, -0.15) is 0 Å². The molecule has 0 aliphatic rings. The lowest BCUT2D eigenvalue weighted by atomic mass is 10.2. The Morgan fingerprint density at radius 2 is 2.00 bits per heavy atom. The number of hydrogen-bond donors (Lipinski definition) is 3. The van der Waals surface area contributed by atoms with E-state index < -0.39 is 36.9 Å². The number of ether oxygens (including phenoxy) is 1. The van der Waals surface area contributed by atoms with Gasteiger partial charge in [0.1, 0.15) is 11.8 Å². The molecule has 0 aromatic heterocycles. The summed E-state index contributed by atoms with van der Waals surface area (Å²) in [5.41, 5.74) is 0. The first-order valence-corrected chi connectivity index (χ1v) is 5.88. The lowest BCUT2D eigenvalue weighted by Gasteiger charge is -2.12. The molecule has 0 aliphatic carbocycles. The number of carbonyl (C=O) groups excluding carboxylic acids is 1. The van der Waals surface area contributed by atoms with Gasteiger partial charge in [-0.15, -0.1) is 0 Å². The van der Waals surface area contributed by atoms with Crippen LogP contribution in [0.5, 0.6) is 5.75 Å². The first kappa shape index (κ1) is 15.8. The first-order valence-electron chi connectivity index (χ1n) is 5.51. The third-order valence-corrected chi connectivity index (χ3v) is 2.41. The summed E-state index contributed by atoms with van der Waals surface area (Å²) in [6.45, 7) is -0.441. The molecule has 1 rings (SSSR count). The van der Waals surface area contributed by atoms with Gasteiger partial charge in [0, 0.05) is 5.02 Å². The second-order valence-electron chi connectivity index (χ2n) is 3.80. The number of halogens is 1. The van der Waals surface area contributed by atoms with E-state index in [2.05, 4.69) is 5.32 Å². The van der Waals surface area contributed by atoms with Gasteiger partial charge in [-0.3, -0.25) is 9.59 Å². The normalized spacial score (nSPS) is 11.4. The van der Waals surface area contributed by atoms with Gasteiger partial charge in [0.25, 0.3) is 5.91 Å². The zero-order valence-corrected chi connectivity index (χ0v) is 11.0. The minimum absolute atomic E-state index is 0.345. The fourth-order valence-corrected chi connectivity index (χ4v) is 1.50. The molecular formula is C12H12ClNO6. The van der Waals surface area contributed by atoms with Crippen LogP contribution in [0.4, 0.5) is 0 Å². The molecule has 0 fully saturated rings. The molecule has 7 nitrogen and oxygen atoms in total. The fraction of sp³-hybridized carbons (Fsp3) is 0.250. The number of amides is 1. The Morgan fingerprint density at radius 1 is 1.30 bits per heavy atom. The molecule has 0 saturated heterocycles. The van der Waals surface area contributed by atoms with E-state index in [1.807, 2.05) is 0 Å². The summed E-state index contributed by atoms with van der Waals surface area (Å²) in [7, 11) is 0. The van der Waals surface area contributed by atoms with Gasteiger partial charge in [0.15, 0.2) is 6.61 Å². The van der Waals surface area contributed by atoms with E-state index in [1.165, 1.54) is 6.07 Å². The summed E-state index contributed by atoms with van der Waals surface area (Å²) in [6.07, 6.45) is -0.710. The molecular weight excluding hydrogens is 290 g/mol. The molecule has 0 unspecified atom stereocenters. The van der Waals surface area contributed by atoms with Crippen molar-refractivity contribution in [3.05, 3.63) is 29.3 Å². The molecule has 3 N–H and O–H groups in total. The number of carbonyl (C=O) groups is 3. The highest BCUT2D eigenvalue weighted by Gasteiger charge is 2.23. The van der Waals surface area contributed by atoms with E-state index in [4.69, 9.17) is 26.6 Å². The van der Waals surface area contributed by atoms with Crippen LogP contribution in [-0.2, 0) is 14.4 Å². The van der Waals surface area contributed by atoms with Gasteiger partial charge >= 0.3 is 11.9 Å². The number of hydrogen-bond acceptors (Lipinski definition) is 4. The minimum Gasteiger partial charge on any atom is -0.484 e. The third kappa shape index (κ3) is 5.57. The highest BCUT2D eigenvalue weighted by atomic mass is 35.5. The van der Waals surface area contributed by atoms with E-state index in [-0.39, 0.29) is 0 Å². The average molecular weight is 302 g/mol. The van der Waals surface area contributed by atoms with Gasteiger partial charge < -0.3 is 20.3 Å². The summed E-state index contributed by atoms with van der Waals surface area (Å²) in [5, 5.41) is 19.8. The molecule has 1 aromatic carbocycles. The average Bonchev–Trinajstić information content (AvgIpc) is 2.35. The topological polar surface area (TPSA) is 113 Å². The van der Waals surface area contributed by atoms with Crippen LogP contribution in [0.1, 0.15) is 6.42 Å². The Morgan fingerprint density at radius 3 is 2.55 bits per heavy atom. The van der Waals surface area contributed by atoms with Crippen LogP contribution in [0.15, 0.2) is 24.3 Å². The molecule has 0 aliphatic heterocycles. The van der Waals surface area contributed by atoms with E-state index in [9.17, 15) is 14.4 Å². The summed E-state index contributed by atoms with van der Waals surface area (Å²) >= 11 is 5.72. The molecule has 0 spiro atoms. The predicted molar refractivity (Wildman–Crippen MR) is 68.8 cm³/mol. The zero-order chi connectivity index (χ0) is 15.1.